The number of likely N-dealkylation sites (N-methyl/N-ethyl adjacent to an activating group) is 1. The maximum Gasteiger partial charge on any atom is 0.272 e. The lowest BCUT2D eigenvalue weighted by Crippen LogP contribution is -2.31. The standard InChI is InChI=1S/C19H22N4O2/c1-22(13-7-15-4-8-20-9-5-15)19(25)17-14-16(6-10-21-17)18(24)23-11-2-3-12-23/h4-6,8-10,14H,2-3,7,11-13H2,1H3. The molecule has 2 aromatic heterocycles. The van der Waals surface area contributed by atoms with Crippen molar-refractivity contribution in [3.05, 3.63) is 59.7 Å². The van der Waals surface area contributed by atoms with Crippen molar-refractivity contribution in [1.82, 2.24) is 19.8 Å². The van der Waals surface area contributed by atoms with Gasteiger partial charge in [-0.2, -0.15) is 0 Å². The highest BCUT2D eigenvalue weighted by Crippen LogP contribution is 2.14. The fourth-order valence-corrected chi connectivity index (χ4v) is 2.93. The summed E-state index contributed by atoms with van der Waals surface area (Å²) < 4.78 is 0. The van der Waals surface area contributed by atoms with Gasteiger partial charge in [-0.25, -0.2) is 0 Å². The number of nitrogens with zero attached hydrogens (tertiary/aromatic N) is 4. The molecule has 0 spiro atoms. The molecule has 2 aromatic rings. The molecule has 3 rings (SSSR count). The number of hydrogen-bond donors (Lipinski definition) is 0. The summed E-state index contributed by atoms with van der Waals surface area (Å²) in [6, 6.07) is 7.15. The van der Waals surface area contributed by atoms with Gasteiger partial charge >= 0.3 is 0 Å². The summed E-state index contributed by atoms with van der Waals surface area (Å²) in [5.41, 5.74) is 1.96. The van der Waals surface area contributed by atoms with Crippen LogP contribution in [0, 0.1) is 0 Å². The molecule has 2 amide bonds. The van der Waals surface area contributed by atoms with Crippen LogP contribution in [0.15, 0.2) is 42.9 Å². The number of rotatable bonds is 5. The van der Waals surface area contributed by atoms with E-state index in [2.05, 4.69) is 9.97 Å². The number of carbonyl (C=O) groups is 2. The number of hydrogen-bond acceptors (Lipinski definition) is 4. The van der Waals surface area contributed by atoms with Gasteiger partial charge in [-0.3, -0.25) is 19.6 Å². The van der Waals surface area contributed by atoms with Gasteiger partial charge in [0.15, 0.2) is 0 Å². The highest BCUT2D eigenvalue weighted by molar-refractivity contribution is 5.98. The normalized spacial score (nSPS) is 13.7. The summed E-state index contributed by atoms with van der Waals surface area (Å²) in [5, 5.41) is 0. The van der Waals surface area contributed by atoms with Crippen LogP contribution in [-0.4, -0.2) is 58.3 Å². The van der Waals surface area contributed by atoms with E-state index in [4.69, 9.17) is 0 Å². The van der Waals surface area contributed by atoms with Crippen LogP contribution in [0.3, 0.4) is 0 Å². The summed E-state index contributed by atoms with van der Waals surface area (Å²) >= 11 is 0. The topological polar surface area (TPSA) is 66.4 Å². The lowest BCUT2D eigenvalue weighted by Gasteiger charge is -2.18. The Morgan fingerprint density at radius 3 is 2.56 bits per heavy atom. The van der Waals surface area contributed by atoms with E-state index in [1.54, 1.807) is 36.5 Å². The van der Waals surface area contributed by atoms with E-state index in [1.807, 2.05) is 17.0 Å². The minimum absolute atomic E-state index is 0.0200. The Bertz CT molecular complexity index is 742. The first kappa shape index (κ1) is 17.1. The van der Waals surface area contributed by atoms with E-state index < -0.39 is 0 Å². The van der Waals surface area contributed by atoms with Gasteiger partial charge in [0.05, 0.1) is 0 Å². The van der Waals surface area contributed by atoms with Gasteiger partial charge in [0, 0.05) is 50.8 Å². The number of aromatic nitrogens is 2. The van der Waals surface area contributed by atoms with E-state index in [0.717, 1.165) is 37.9 Å². The molecule has 0 N–H and O–H groups in total. The van der Waals surface area contributed by atoms with Crippen LogP contribution in [0.25, 0.3) is 0 Å². The molecule has 1 saturated heterocycles. The smallest absolute Gasteiger partial charge is 0.272 e. The van der Waals surface area contributed by atoms with Crippen LogP contribution in [0.4, 0.5) is 0 Å². The fourth-order valence-electron chi connectivity index (χ4n) is 2.93. The van der Waals surface area contributed by atoms with Gasteiger partial charge in [0.2, 0.25) is 0 Å². The Balaban J connectivity index is 1.65. The third-order valence-corrected chi connectivity index (χ3v) is 4.45. The van der Waals surface area contributed by atoms with E-state index in [9.17, 15) is 9.59 Å². The molecule has 1 aliphatic heterocycles. The highest BCUT2D eigenvalue weighted by atomic mass is 16.2. The Morgan fingerprint density at radius 2 is 1.84 bits per heavy atom. The quantitative estimate of drug-likeness (QED) is 0.837. The van der Waals surface area contributed by atoms with Crippen molar-refractivity contribution < 1.29 is 9.59 Å². The van der Waals surface area contributed by atoms with Crippen LogP contribution < -0.4 is 0 Å². The summed E-state index contributed by atoms with van der Waals surface area (Å²) in [7, 11) is 1.75. The molecule has 25 heavy (non-hydrogen) atoms. The Kier molecular flexibility index (Phi) is 5.38. The second kappa shape index (κ2) is 7.88. The molecule has 0 aromatic carbocycles. The summed E-state index contributed by atoms with van der Waals surface area (Å²) in [4.78, 5) is 36.7. The van der Waals surface area contributed by atoms with Crippen LogP contribution in [0.1, 0.15) is 39.3 Å². The monoisotopic (exact) mass is 338 g/mol. The second-order valence-corrected chi connectivity index (χ2v) is 6.26. The van der Waals surface area contributed by atoms with E-state index in [-0.39, 0.29) is 11.8 Å². The van der Waals surface area contributed by atoms with E-state index >= 15 is 0 Å². The first-order chi connectivity index (χ1) is 12.1. The molecule has 1 aliphatic rings. The second-order valence-electron chi connectivity index (χ2n) is 6.26. The molecular weight excluding hydrogens is 316 g/mol. The van der Waals surface area contributed by atoms with Crippen LogP contribution in [0.2, 0.25) is 0 Å². The van der Waals surface area contributed by atoms with Gasteiger partial charge in [-0.05, 0) is 49.1 Å². The molecule has 0 atom stereocenters. The van der Waals surface area contributed by atoms with Crippen molar-refractivity contribution in [1.29, 1.82) is 0 Å². The molecule has 6 heteroatoms. The van der Waals surface area contributed by atoms with Crippen LogP contribution in [0.5, 0.6) is 0 Å². The zero-order valence-electron chi connectivity index (χ0n) is 14.4. The minimum Gasteiger partial charge on any atom is -0.340 e. The van der Waals surface area contributed by atoms with Crippen molar-refractivity contribution in [3.8, 4) is 0 Å². The molecule has 130 valence electrons. The molecule has 0 saturated carbocycles. The first-order valence-corrected chi connectivity index (χ1v) is 8.55. The minimum atomic E-state index is -0.176. The van der Waals surface area contributed by atoms with E-state index in [1.165, 1.54) is 6.20 Å². The van der Waals surface area contributed by atoms with Gasteiger partial charge in [-0.15, -0.1) is 0 Å². The maximum atomic E-state index is 12.6. The van der Waals surface area contributed by atoms with Crippen molar-refractivity contribution in [2.45, 2.75) is 19.3 Å². The molecule has 0 bridgehead atoms. The number of amides is 2. The SMILES string of the molecule is CN(CCc1ccncc1)C(=O)c1cc(C(=O)N2CCCC2)ccn1. The molecule has 1 fully saturated rings. The average Bonchev–Trinajstić information content (AvgIpc) is 3.20. The molecule has 6 nitrogen and oxygen atoms in total. The van der Waals surface area contributed by atoms with Gasteiger partial charge in [0.1, 0.15) is 5.69 Å². The Hall–Kier alpha value is -2.76. The zero-order chi connectivity index (χ0) is 17.6. The predicted octanol–water partition coefficient (Wildman–Crippen LogP) is 2.03. The Labute approximate surface area is 147 Å². The van der Waals surface area contributed by atoms with Gasteiger partial charge in [0.25, 0.3) is 11.8 Å². The third kappa shape index (κ3) is 4.21. The van der Waals surface area contributed by atoms with Crippen molar-refractivity contribution >= 4 is 11.8 Å². The largest absolute Gasteiger partial charge is 0.340 e. The predicted molar refractivity (Wildman–Crippen MR) is 94.3 cm³/mol. The average molecular weight is 338 g/mol. The molecule has 0 unspecified atom stereocenters. The van der Waals surface area contributed by atoms with Gasteiger partial charge in [-0.1, -0.05) is 0 Å². The number of likely N-dealkylation sites (tertiary alicyclic amines) is 1. The van der Waals surface area contributed by atoms with E-state index in [0.29, 0.717) is 17.8 Å². The maximum absolute atomic E-state index is 12.6. The fraction of sp³-hybridized carbons (Fsp3) is 0.368. The Morgan fingerprint density at radius 1 is 1.12 bits per heavy atom. The van der Waals surface area contributed by atoms with Crippen molar-refractivity contribution in [2.24, 2.45) is 0 Å². The molecular formula is C19H22N4O2. The summed E-state index contributed by atoms with van der Waals surface area (Å²) in [6.07, 6.45) is 7.85. The first-order valence-electron chi connectivity index (χ1n) is 8.55. The molecule has 3 heterocycles. The summed E-state index contributed by atoms with van der Waals surface area (Å²) in [5.74, 6) is -0.196. The zero-order valence-corrected chi connectivity index (χ0v) is 14.4. The highest BCUT2D eigenvalue weighted by Gasteiger charge is 2.21. The van der Waals surface area contributed by atoms with Crippen LogP contribution in [-0.2, 0) is 6.42 Å². The number of pyridine rings is 2. The molecule has 0 radical (unpaired) electrons. The van der Waals surface area contributed by atoms with Crippen LogP contribution >= 0.6 is 0 Å². The van der Waals surface area contributed by atoms with Gasteiger partial charge < -0.3 is 9.80 Å². The van der Waals surface area contributed by atoms with Crippen molar-refractivity contribution in [2.75, 3.05) is 26.7 Å². The summed E-state index contributed by atoms with van der Waals surface area (Å²) in [6.45, 7) is 2.15. The lowest BCUT2D eigenvalue weighted by atomic mass is 10.1. The number of carbonyl (C=O) groups excluding carboxylic acids is 2. The van der Waals surface area contributed by atoms with Crippen molar-refractivity contribution in [3.63, 3.8) is 0 Å². The molecule has 0 aliphatic carbocycles. The lowest BCUT2D eigenvalue weighted by molar-refractivity contribution is 0.0789. The third-order valence-electron chi connectivity index (χ3n) is 4.45.